The molecule has 0 aromatic rings. The predicted molar refractivity (Wildman–Crippen MR) is 77.6 cm³/mol. The molecule has 2 N–H and O–H groups in total. The second-order valence-corrected chi connectivity index (χ2v) is 6.27. The number of hydrogen-bond acceptors (Lipinski definition) is 2. The largest absolute Gasteiger partial charge is 0.481 e. The first-order chi connectivity index (χ1) is 9.45. The fourth-order valence-corrected chi connectivity index (χ4v) is 3.88. The maximum atomic E-state index is 11.6. The molecule has 0 saturated heterocycles. The van der Waals surface area contributed by atoms with Crippen LogP contribution in [0.4, 0.5) is 0 Å². The van der Waals surface area contributed by atoms with Crippen molar-refractivity contribution >= 4 is 11.9 Å². The van der Waals surface area contributed by atoms with E-state index in [0.29, 0.717) is 5.92 Å². The molecular formula is C16H28O4. The summed E-state index contributed by atoms with van der Waals surface area (Å²) in [5, 5.41) is 18.5. The summed E-state index contributed by atoms with van der Waals surface area (Å²) in [6, 6.07) is 0. The summed E-state index contributed by atoms with van der Waals surface area (Å²) in [5.74, 6) is -2.16. The average molecular weight is 284 g/mol. The van der Waals surface area contributed by atoms with E-state index in [-0.39, 0.29) is 11.8 Å². The highest BCUT2D eigenvalue weighted by molar-refractivity contribution is 5.78. The molecule has 116 valence electrons. The second kappa shape index (κ2) is 7.65. The molecule has 1 rings (SSSR count). The van der Waals surface area contributed by atoms with Crippen molar-refractivity contribution in [2.24, 2.45) is 17.3 Å². The van der Waals surface area contributed by atoms with E-state index in [9.17, 15) is 14.7 Å². The third kappa shape index (κ3) is 4.22. The summed E-state index contributed by atoms with van der Waals surface area (Å²) in [4.78, 5) is 22.6. The van der Waals surface area contributed by atoms with Crippen LogP contribution in [0.3, 0.4) is 0 Å². The Balaban J connectivity index is 2.90. The van der Waals surface area contributed by atoms with Crippen LogP contribution in [-0.2, 0) is 9.59 Å². The number of rotatable bonds is 8. The Hall–Kier alpha value is -1.06. The van der Waals surface area contributed by atoms with E-state index in [4.69, 9.17) is 5.11 Å². The predicted octanol–water partition coefficient (Wildman–Crippen LogP) is 3.94. The van der Waals surface area contributed by atoms with Crippen molar-refractivity contribution in [3.8, 4) is 0 Å². The van der Waals surface area contributed by atoms with E-state index in [0.717, 1.165) is 19.3 Å². The van der Waals surface area contributed by atoms with E-state index < -0.39 is 17.9 Å². The van der Waals surface area contributed by atoms with Gasteiger partial charge in [0.15, 0.2) is 0 Å². The lowest BCUT2D eigenvalue weighted by atomic mass is 9.63. The molecule has 20 heavy (non-hydrogen) atoms. The van der Waals surface area contributed by atoms with Crippen LogP contribution < -0.4 is 0 Å². The fourth-order valence-electron chi connectivity index (χ4n) is 3.88. The van der Waals surface area contributed by atoms with Gasteiger partial charge >= 0.3 is 11.9 Å². The Kier molecular flexibility index (Phi) is 6.50. The van der Waals surface area contributed by atoms with Crippen LogP contribution in [0.2, 0.25) is 0 Å². The van der Waals surface area contributed by atoms with Gasteiger partial charge in [-0.1, -0.05) is 46.0 Å². The lowest BCUT2D eigenvalue weighted by molar-refractivity contribution is -0.154. The van der Waals surface area contributed by atoms with Gasteiger partial charge in [-0.3, -0.25) is 9.59 Å². The van der Waals surface area contributed by atoms with E-state index in [2.05, 4.69) is 0 Å². The molecule has 1 aliphatic carbocycles. The van der Waals surface area contributed by atoms with Crippen molar-refractivity contribution in [3.63, 3.8) is 0 Å². The second-order valence-electron chi connectivity index (χ2n) is 6.27. The summed E-state index contributed by atoms with van der Waals surface area (Å²) in [6.45, 7) is 4.01. The number of carbonyl (C=O) groups is 2. The normalized spacial score (nSPS) is 18.7. The molecule has 1 atom stereocenters. The van der Waals surface area contributed by atoms with Gasteiger partial charge in [-0.25, -0.2) is 0 Å². The van der Waals surface area contributed by atoms with Crippen molar-refractivity contribution in [1.29, 1.82) is 0 Å². The highest BCUT2D eigenvalue weighted by atomic mass is 16.4. The smallest absolute Gasteiger partial charge is 0.307 e. The highest BCUT2D eigenvalue weighted by Crippen LogP contribution is 2.46. The Morgan fingerprint density at radius 3 is 2.05 bits per heavy atom. The molecule has 1 unspecified atom stereocenters. The van der Waals surface area contributed by atoms with Crippen molar-refractivity contribution in [3.05, 3.63) is 0 Å². The average Bonchev–Trinajstić information content (AvgIpc) is 2.43. The number of hydrogen-bond donors (Lipinski definition) is 2. The van der Waals surface area contributed by atoms with Crippen molar-refractivity contribution < 1.29 is 19.8 Å². The molecule has 1 aliphatic rings. The number of carboxylic acids is 2. The van der Waals surface area contributed by atoms with Gasteiger partial charge in [-0.2, -0.15) is 0 Å². The Morgan fingerprint density at radius 2 is 1.65 bits per heavy atom. The summed E-state index contributed by atoms with van der Waals surface area (Å²) >= 11 is 0. The quantitative estimate of drug-likeness (QED) is 0.708. The van der Waals surface area contributed by atoms with E-state index in [1.165, 1.54) is 32.1 Å². The first-order valence-corrected chi connectivity index (χ1v) is 7.89. The van der Waals surface area contributed by atoms with E-state index >= 15 is 0 Å². The van der Waals surface area contributed by atoms with Gasteiger partial charge in [0, 0.05) is 0 Å². The Labute approximate surface area is 121 Å². The molecule has 0 spiro atoms. The summed E-state index contributed by atoms with van der Waals surface area (Å²) < 4.78 is 0. The molecule has 0 aliphatic heterocycles. The third-order valence-electron chi connectivity index (χ3n) is 5.24. The molecule has 0 heterocycles. The minimum absolute atomic E-state index is 0.260. The van der Waals surface area contributed by atoms with E-state index in [1.807, 2.05) is 13.8 Å². The molecule has 4 nitrogen and oxygen atoms in total. The maximum absolute atomic E-state index is 11.6. The van der Waals surface area contributed by atoms with Gasteiger partial charge < -0.3 is 10.2 Å². The maximum Gasteiger partial charge on any atom is 0.307 e. The highest BCUT2D eigenvalue weighted by Gasteiger charge is 2.43. The van der Waals surface area contributed by atoms with Crippen LogP contribution in [0, 0.1) is 17.3 Å². The fraction of sp³-hybridized carbons (Fsp3) is 0.875. The van der Waals surface area contributed by atoms with Crippen molar-refractivity contribution in [2.45, 2.75) is 71.6 Å². The zero-order chi connectivity index (χ0) is 15.2. The molecule has 0 aromatic carbocycles. The molecule has 0 amide bonds. The van der Waals surface area contributed by atoms with E-state index in [1.54, 1.807) is 0 Å². The van der Waals surface area contributed by atoms with Crippen LogP contribution >= 0.6 is 0 Å². The van der Waals surface area contributed by atoms with Crippen molar-refractivity contribution in [1.82, 2.24) is 0 Å². The molecule has 1 fully saturated rings. The monoisotopic (exact) mass is 284 g/mol. The van der Waals surface area contributed by atoms with Crippen LogP contribution in [0.25, 0.3) is 0 Å². The van der Waals surface area contributed by atoms with Crippen LogP contribution in [-0.4, -0.2) is 22.2 Å². The lowest BCUT2D eigenvalue weighted by Gasteiger charge is -2.40. The molecule has 1 saturated carbocycles. The minimum Gasteiger partial charge on any atom is -0.481 e. The van der Waals surface area contributed by atoms with Gasteiger partial charge in [0.1, 0.15) is 0 Å². The lowest BCUT2D eigenvalue weighted by Crippen LogP contribution is -2.38. The number of carboxylic acid groups (broad SMARTS) is 2. The molecular weight excluding hydrogens is 256 g/mol. The SMILES string of the molecule is CCC(CC)(CC1CCCCC1)C(CC(=O)O)C(=O)O. The molecule has 0 bridgehead atoms. The topological polar surface area (TPSA) is 74.6 Å². The minimum atomic E-state index is -1.01. The standard InChI is InChI=1S/C16H28O4/c1-3-16(4-2,11-12-8-6-5-7-9-12)13(15(19)20)10-14(17)18/h12-13H,3-11H2,1-2H3,(H,17,18)(H,19,20). The first-order valence-electron chi connectivity index (χ1n) is 7.89. The number of aliphatic carboxylic acids is 2. The molecule has 4 heteroatoms. The van der Waals surface area contributed by atoms with Gasteiger partial charge in [0.05, 0.1) is 12.3 Å². The van der Waals surface area contributed by atoms with Crippen LogP contribution in [0.1, 0.15) is 71.6 Å². The zero-order valence-corrected chi connectivity index (χ0v) is 12.7. The summed E-state index contributed by atoms with van der Waals surface area (Å²) in [7, 11) is 0. The third-order valence-corrected chi connectivity index (χ3v) is 5.24. The van der Waals surface area contributed by atoms with Gasteiger partial charge in [-0.05, 0) is 30.6 Å². The van der Waals surface area contributed by atoms with Crippen molar-refractivity contribution in [2.75, 3.05) is 0 Å². The summed E-state index contributed by atoms with van der Waals surface area (Å²) in [6.07, 6.45) is 8.15. The molecule has 0 radical (unpaired) electrons. The molecule has 0 aromatic heterocycles. The van der Waals surface area contributed by atoms with Crippen LogP contribution in [0.15, 0.2) is 0 Å². The van der Waals surface area contributed by atoms with Gasteiger partial charge in [-0.15, -0.1) is 0 Å². The first kappa shape index (κ1) is 17.0. The Bertz CT molecular complexity index is 327. The zero-order valence-electron chi connectivity index (χ0n) is 12.7. The Morgan fingerprint density at radius 1 is 1.10 bits per heavy atom. The van der Waals surface area contributed by atoms with Gasteiger partial charge in [0.2, 0.25) is 0 Å². The van der Waals surface area contributed by atoms with Crippen LogP contribution in [0.5, 0.6) is 0 Å². The summed E-state index contributed by atoms with van der Waals surface area (Å²) in [5.41, 5.74) is -0.369. The van der Waals surface area contributed by atoms with Gasteiger partial charge in [0.25, 0.3) is 0 Å².